The lowest BCUT2D eigenvalue weighted by atomic mass is 9.93. The van der Waals surface area contributed by atoms with Crippen molar-refractivity contribution in [1.29, 1.82) is 0 Å². The van der Waals surface area contributed by atoms with E-state index in [2.05, 4.69) is 9.88 Å². The van der Waals surface area contributed by atoms with Crippen LogP contribution in [-0.2, 0) is 19.1 Å². The number of non-ortho nitro benzene ring substituents is 1. The number of aromatic amines is 1. The minimum absolute atomic E-state index is 0.106. The average molecular weight is 513 g/mol. The number of nitrogens with zero attached hydrogens (tertiary/aromatic N) is 3. The minimum atomic E-state index is -1.06. The van der Waals surface area contributed by atoms with Crippen molar-refractivity contribution in [3.8, 4) is 0 Å². The van der Waals surface area contributed by atoms with Crippen molar-refractivity contribution in [2.24, 2.45) is 0 Å². The molecule has 0 saturated carbocycles. The Kier molecular flexibility index (Phi) is 7.41. The number of carbonyl (C=O) groups excluding carboxylic acids is 3. The number of esters is 1. The van der Waals surface area contributed by atoms with Gasteiger partial charge in [-0.2, -0.15) is 0 Å². The van der Waals surface area contributed by atoms with Gasteiger partial charge in [-0.3, -0.25) is 24.6 Å². The molecular weight excluding hydrogens is 484 g/mol. The molecule has 37 heavy (non-hydrogen) atoms. The Morgan fingerprint density at radius 3 is 2.59 bits per heavy atom. The van der Waals surface area contributed by atoms with E-state index < -0.39 is 34.4 Å². The second-order valence-corrected chi connectivity index (χ2v) is 8.92. The van der Waals surface area contributed by atoms with E-state index in [-0.39, 0.29) is 29.1 Å². The van der Waals surface area contributed by atoms with E-state index in [4.69, 9.17) is 9.47 Å². The molecule has 2 aliphatic heterocycles. The highest BCUT2D eigenvalue weighted by atomic mass is 16.6. The van der Waals surface area contributed by atoms with Crippen molar-refractivity contribution in [3.63, 3.8) is 0 Å². The quantitative estimate of drug-likeness (QED) is 0.142. The number of benzene rings is 1. The van der Waals surface area contributed by atoms with Crippen LogP contribution in [0.15, 0.2) is 29.8 Å². The molecule has 0 unspecified atom stereocenters. The lowest BCUT2D eigenvalue weighted by molar-refractivity contribution is -0.384. The van der Waals surface area contributed by atoms with Crippen LogP contribution in [0.25, 0.3) is 5.76 Å². The van der Waals surface area contributed by atoms with Crippen molar-refractivity contribution in [2.75, 3.05) is 46.5 Å². The Balaban J connectivity index is 1.84. The highest BCUT2D eigenvalue weighted by molar-refractivity contribution is 6.46. The molecule has 2 saturated heterocycles. The van der Waals surface area contributed by atoms with Gasteiger partial charge in [0, 0.05) is 49.6 Å². The number of aryl methyl sites for hydroxylation is 1. The normalized spacial score (nSPS) is 19.9. The first-order valence-electron chi connectivity index (χ1n) is 11.8. The molecule has 2 aliphatic rings. The molecule has 1 aromatic carbocycles. The Hall–Kier alpha value is -4.03. The third-order valence-corrected chi connectivity index (χ3v) is 6.76. The fourth-order valence-electron chi connectivity index (χ4n) is 4.89. The number of H-pyrrole nitrogens is 1. The molecule has 0 bridgehead atoms. The van der Waals surface area contributed by atoms with Crippen LogP contribution >= 0.6 is 0 Å². The van der Waals surface area contributed by atoms with Gasteiger partial charge in [0.1, 0.15) is 11.5 Å². The van der Waals surface area contributed by atoms with Crippen molar-refractivity contribution < 1.29 is 33.9 Å². The van der Waals surface area contributed by atoms with E-state index >= 15 is 0 Å². The van der Waals surface area contributed by atoms with Crippen LogP contribution < -0.4 is 0 Å². The number of Topliss-reactive ketones (excluding diaryl/α,β-unsaturated/α-hetero) is 1. The maximum absolute atomic E-state index is 13.3. The molecule has 1 amide bonds. The topological polar surface area (TPSA) is 155 Å². The maximum atomic E-state index is 13.3. The van der Waals surface area contributed by atoms with Crippen molar-refractivity contribution in [1.82, 2.24) is 14.8 Å². The van der Waals surface area contributed by atoms with Gasteiger partial charge in [-0.05, 0) is 25.0 Å². The Morgan fingerprint density at radius 2 is 1.95 bits per heavy atom. The highest BCUT2D eigenvalue weighted by Crippen LogP contribution is 2.41. The summed E-state index contributed by atoms with van der Waals surface area (Å²) >= 11 is 0. The van der Waals surface area contributed by atoms with E-state index in [9.17, 15) is 29.6 Å². The number of methoxy groups -OCH3 is 1. The lowest BCUT2D eigenvalue weighted by Gasteiger charge is -2.31. The first-order valence-corrected chi connectivity index (χ1v) is 11.8. The number of aliphatic hydroxyl groups is 1. The lowest BCUT2D eigenvalue weighted by Crippen LogP contribution is -2.42. The van der Waals surface area contributed by atoms with E-state index in [0.29, 0.717) is 49.7 Å². The molecule has 0 aliphatic carbocycles. The number of nitrogens with one attached hydrogen (secondary N) is 1. The number of ketones is 1. The number of hydrogen-bond acceptors (Lipinski definition) is 9. The summed E-state index contributed by atoms with van der Waals surface area (Å²) in [5.41, 5.74) is 0.951. The number of nitro groups is 1. The van der Waals surface area contributed by atoms with Crippen LogP contribution in [0.2, 0.25) is 0 Å². The SMILES string of the molecule is COC(=O)c1[nH]c(C)c(C(O)=C2C(=O)C(=O)N(CCN3CCOCC3)[C@H]2c2cccc([N+](=O)[O-])c2)c1C. The number of carbonyl (C=O) groups is 3. The summed E-state index contributed by atoms with van der Waals surface area (Å²) in [5.74, 6) is -2.84. The molecule has 0 spiro atoms. The fourth-order valence-corrected chi connectivity index (χ4v) is 4.89. The van der Waals surface area contributed by atoms with Gasteiger partial charge in [-0.1, -0.05) is 12.1 Å². The monoisotopic (exact) mass is 512 g/mol. The summed E-state index contributed by atoms with van der Waals surface area (Å²) in [7, 11) is 1.22. The van der Waals surface area contributed by atoms with Crippen molar-refractivity contribution in [2.45, 2.75) is 19.9 Å². The molecule has 2 N–H and O–H groups in total. The van der Waals surface area contributed by atoms with E-state index in [1.807, 2.05) is 0 Å². The van der Waals surface area contributed by atoms with Gasteiger partial charge in [0.05, 0.1) is 36.9 Å². The Labute approximate surface area is 212 Å². The summed E-state index contributed by atoms with van der Waals surface area (Å²) in [6, 6.07) is 4.60. The molecule has 4 rings (SSSR count). The molecule has 1 atom stereocenters. The van der Waals surface area contributed by atoms with Crippen LogP contribution in [0.4, 0.5) is 5.69 Å². The number of morpholine rings is 1. The number of nitro benzene ring substituents is 1. The van der Waals surface area contributed by atoms with Crippen LogP contribution in [0.1, 0.15) is 38.9 Å². The second-order valence-electron chi connectivity index (χ2n) is 8.92. The summed E-state index contributed by atoms with van der Waals surface area (Å²) < 4.78 is 10.2. The van der Waals surface area contributed by atoms with Crippen LogP contribution in [0.5, 0.6) is 0 Å². The van der Waals surface area contributed by atoms with Crippen LogP contribution in [0, 0.1) is 24.0 Å². The number of hydrogen-bond donors (Lipinski definition) is 2. The number of ether oxygens (including phenoxy) is 2. The second kappa shape index (κ2) is 10.5. The highest BCUT2D eigenvalue weighted by Gasteiger charge is 2.47. The molecule has 12 heteroatoms. The fraction of sp³-hybridized carbons (Fsp3) is 0.400. The molecule has 196 valence electrons. The Bertz CT molecular complexity index is 1290. The molecule has 1 aromatic heterocycles. The molecule has 2 aromatic rings. The first kappa shape index (κ1) is 26.0. The molecule has 2 fully saturated rings. The molecule has 0 radical (unpaired) electrons. The zero-order chi connectivity index (χ0) is 26.9. The summed E-state index contributed by atoms with van der Waals surface area (Å²) in [4.78, 5) is 55.9. The van der Waals surface area contributed by atoms with Crippen molar-refractivity contribution in [3.05, 3.63) is 68.0 Å². The van der Waals surface area contributed by atoms with Gasteiger partial charge in [-0.25, -0.2) is 4.79 Å². The maximum Gasteiger partial charge on any atom is 0.354 e. The minimum Gasteiger partial charge on any atom is -0.507 e. The largest absolute Gasteiger partial charge is 0.507 e. The first-order chi connectivity index (χ1) is 17.6. The van der Waals surface area contributed by atoms with Gasteiger partial charge in [0.25, 0.3) is 17.4 Å². The molecule has 3 heterocycles. The number of aliphatic hydroxyl groups excluding tert-OH is 1. The van der Waals surface area contributed by atoms with Gasteiger partial charge < -0.3 is 24.5 Å². The summed E-state index contributed by atoms with van der Waals surface area (Å²) in [5, 5.41) is 22.9. The molecule has 12 nitrogen and oxygen atoms in total. The summed E-state index contributed by atoms with van der Waals surface area (Å²) in [6.07, 6.45) is 0. The van der Waals surface area contributed by atoms with E-state index in [0.717, 1.165) is 0 Å². The number of aromatic nitrogens is 1. The van der Waals surface area contributed by atoms with Gasteiger partial charge in [0.15, 0.2) is 0 Å². The zero-order valence-electron chi connectivity index (χ0n) is 20.8. The number of amides is 1. The Morgan fingerprint density at radius 1 is 1.24 bits per heavy atom. The zero-order valence-corrected chi connectivity index (χ0v) is 20.8. The molecular formula is C25H28N4O8. The number of rotatable bonds is 7. The third-order valence-electron chi connectivity index (χ3n) is 6.76. The predicted molar refractivity (Wildman–Crippen MR) is 131 cm³/mol. The number of likely N-dealkylation sites (tertiary alicyclic amines) is 1. The van der Waals surface area contributed by atoms with E-state index in [1.54, 1.807) is 19.9 Å². The summed E-state index contributed by atoms with van der Waals surface area (Å²) in [6.45, 7) is 6.27. The predicted octanol–water partition coefficient (Wildman–Crippen LogP) is 2.08. The van der Waals surface area contributed by atoms with Crippen LogP contribution in [-0.4, -0.2) is 89.0 Å². The van der Waals surface area contributed by atoms with Crippen molar-refractivity contribution >= 4 is 29.1 Å². The smallest absolute Gasteiger partial charge is 0.354 e. The van der Waals surface area contributed by atoms with Gasteiger partial charge >= 0.3 is 5.97 Å². The average Bonchev–Trinajstić information content (AvgIpc) is 3.34. The van der Waals surface area contributed by atoms with Gasteiger partial charge in [0.2, 0.25) is 0 Å². The van der Waals surface area contributed by atoms with Crippen LogP contribution in [0.3, 0.4) is 0 Å². The van der Waals surface area contributed by atoms with E-state index in [1.165, 1.54) is 30.2 Å². The standard InChI is InChI=1S/C25H28N4O8/c1-14-18(15(2)26-20(14)25(33)36-3)22(30)19-21(16-5-4-6-17(13-16)29(34)35)28(24(32)23(19)31)8-7-27-9-11-37-12-10-27/h4-6,13,21,26,30H,7-12H2,1-3H3/t21-/m0/s1. The van der Waals surface area contributed by atoms with Gasteiger partial charge in [-0.15, -0.1) is 0 Å². The third kappa shape index (κ3) is 4.85.